The molecular weight excluding hydrogens is 327 g/mol. The highest BCUT2D eigenvalue weighted by molar-refractivity contribution is 6.43. The number of nitrogens with one attached hydrogen (secondary N) is 1. The molecule has 0 saturated heterocycles. The molecule has 0 saturated carbocycles. The van der Waals surface area contributed by atoms with E-state index in [1.807, 2.05) is 5.32 Å². The van der Waals surface area contributed by atoms with Crippen LogP contribution in [0.3, 0.4) is 0 Å². The Bertz CT molecular complexity index is 535. The van der Waals surface area contributed by atoms with Gasteiger partial charge in [-0.25, -0.2) is 4.79 Å². The lowest BCUT2D eigenvalue weighted by Gasteiger charge is -2.22. The minimum atomic E-state index is -0.954. The zero-order valence-electron chi connectivity index (χ0n) is 10.7. The third kappa shape index (κ3) is 4.44. The number of benzene rings is 1. The van der Waals surface area contributed by atoms with Crippen molar-refractivity contribution in [2.45, 2.75) is 20.0 Å². The Morgan fingerprint density at radius 2 is 1.70 bits per heavy atom. The minimum absolute atomic E-state index is 0.194. The lowest BCUT2D eigenvalue weighted by molar-refractivity contribution is -0.128. The van der Waals surface area contributed by atoms with Crippen molar-refractivity contribution in [2.24, 2.45) is 11.7 Å². The van der Waals surface area contributed by atoms with Gasteiger partial charge < -0.3 is 10.5 Å². The first-order valence-corrected chi connectivity index (χ1v) is 6.77. The summed E-state index contributed by atoms with van der Waals surface area (Å²) in [5, 5.41) is 2.68. The molecule has 0 bridgehead atoms. The molecule has 8 heteroatoms. The highest BCUT2D eigenvalue weighted by atomic mass is 35.5. The number of urea groups is 1. The number of carbonyl (C=O) groups excluding carboxylic acids is 2. The molecular formula is C12H13Cl3N2O3. The largest absolute Gasteiger partial charge is 0.479 e. The Hall–Kier alpha value is -1.17. The van der Waals surface area contributed by atoms with Crippen molar-refractivity contribution < 1.29 is 14.3 Å². The number of hydrogen-bond acceptors (Lipinski definition) is 3. The summed E-state index contributed by atoms with van der Waals surface area (Å²) in [6.45, 7) is 3.49. The lowest BCUT2D eigenvalue weighted by atomic mass is 10.1. The van der Waals surface area contributed by atoms with Crippen LogP contribution < -0.4 is 15.8 Å². The molecule has 110 valence electrons. The van der Waals surface area contributed by atoms with Gasteiger partial charge in [0.05, 0.1) is 15.1 Å². The van der Waals surface area contributed by atoms with E-state index in [1.165, 1.54) is 12.1 Å². The van der Waals surface area contributed by atoms with Crippen molar-refractivity contribution in [1.82, 2.24) is 5.32 Å². The van der Waals surface area contributed by atoms with Gasteiger partial charge in [-0.2, -0.15) is 0 Å². The van der Waals surface area contributed by atoms with Crippen molar-refractivity contribution in [3.05, 3.63) is 27.2 Å². The quantitative estimate of drug-likeness (QED) is 0.826. The predicted molar refractivity (Wildman–Crippen MR) is 78.5 cm³/mol. The van der Waals surface area contributed by atoms with E-state index in [-0.39, 0.29) is 26.7 Å². The van der Waals surface area contributed by atoms with E-state index < -0.39 is 18.0 Å². The van der Waals surface area contributed by atoms with Crippen LogP contribution in [0, 0.1) is 5.92 Å². The Kier molecular flexibility index (Phi) is 5.92. The molecule has 1 aromatic carbocycles. The van der Waals surface area contributed by atoms with Gasteiger partial charge in [0, 0.05) is 6.07 Å². The summed E-state index contributed by atoms with van der Waals surface area (Å²) in [5.41, 5.74) is 4.91. The molecule has 1 aromatic rings. The first-order chi connectivity index (χ1) is 9.22. The number of imide groups is 1. The average molecular weight is 340 g/mol. The van der Waals surface area contributed by atoms with Gasteiger partial charge in [-0.15, -0.1) is 0 Å². The Morgan fingerprint density at radius 1 is 1.15 bits per heavy atom. The number of ether oxygens (including phenoxy) is 1. The number of halogens is 3. The fraction of sp³-hybridized carbons (Fsp3) is 0.333. The number of rotatable bonds is 4. The highest BCUT2D eigenvalue weighted by Crippen LogP contribution is 2.34. The predicted octanol–water partition coefficient (Wildman–Crippen LogP) is 3.25. The van der Waals surface area contributed by atoms with Crippen molar-refractivity contribution in [2.75, 3.05) is 0 Å². The monoisotopic (exact) mass is 338 g/mol. The van der Waals surface area contributed by atoms with Crippen molar-refractivity contribution in [3.63, 3.8) is 0 Å². The maximum atomic E-state index is 11.8. The van der Waals surface area contributed by atoms with Crippen LogP contribution in [-0.2, 0) is 4.79 Å². The summed E-state index contributed by atoms with van der Waals surface area (Å²) in [7, 11) is 0. The molecule has 0 unspecified atom stereocenters. The summed E-state index contributed by atoms with van der Waals surface area (Å²) in [5.74, 6) is -0.686. The van der Waals surface area contributed by atoms with Crippen LogP contribution in [0.1, 0.15) is 13.8 Å². The van der Waals surface area contributed by atoms with E-state index >= 15 is 0 Å². The SMILES string of the molecule is CC(C)[C@H](Oc1cc(Cl)c(Cl)cc1Cl)C(=O)NC(N)=O. The van der Waals surface area contributed by atoms with Gasteiger partial charge in [-0.05, 0) is 12.0 Å². The summed E-state index contributed by atoms with van der Waals surface area (Å²) in [6, 6.07) is 1.85. The Labute approximate surface area is 131 Å². The second-order valence-electron chi connectivity index (χ2n) is 4.33. The summed E-state index contributed by atoms with van der Waals surface area (Å²) >= 11 is 17.6. The van der Waals surface area contributed by atoms with Crippen LogP contribution in [0.4, 0.5) is 4.79 Å². The van der Waals surface area contributed by atoms with Crippen LogP contribution in [0.5, 0.6) is 5.75 Å². The smallest absolute Gasteiger partial charge is 0.318 e. The van der Waals surface area contributed by atoms with Crippen LogP contribution in [0.15, 0.2) is 12.1 Å². The van der Waals surface area contributed by atoms with Gasteiger partial charge in [0.2, 0.25) is 0 Å². The Balaban J connectivity index is 2.99. The molecule has 0 aliphatic rings. The minimum Gasteiger partial charge on any atom is -0.479 e. The average Bonchev–Trinajstić information content (AvgIpc) is 2.30. The van der Waals surface area contributed by atoms with E-state index in [1.54, 1.807) is 13.8 Å². The van der Waals surface area contributed by atoms with Crippen molar-refractivity contribution in [3.8, 4) is 5.75 Å². The van der Waals surface area contributed by atoms with Crippen molar-refractivity contribution >= 4 is 46.7 Å². The zero-order chi connectivity index (χ0) is 15.4. The highest BCUT2D eigenvalue weighted by Gasteiger charge is 2.26. The zero-order valence-corrected chi connectivity index (χ0v) is 13.0. The fourth-order valence-corrected chi connectivity index (χ4v) is 2.00. The number of carbonyl (C=O) groups is 2. The van der Waals surface area contributed by atoms with Gasteiger partial charge in [-0.3, -0.25) is 10.1 Å². The maximum Gasteiger partial charge on any atom is 0.318 e. The molecule has 0 radical (unpaired) electrons. The first-order valence-electron chi connectivity index (χ1n) is 5.64. The second-order valence-corrected chi connectivity index (χ2v) is 5.55. The van der Waals surface area contributed by atoms with Gasteiger partial charge in [0.15, 0.2) is 6.10 Å². The lowest BCUT2D eigenvalue weighted by Crippen LogP contribution is -2.46. The van der Waals surface area contributed by atoms with E-state index in [0.717, 1.165) is 0 Å². The van der Waals surface area contributed by atoms with Crippen LogP contribution in [-0.4, -0.2) is 18.0 Å². The van der Waals surface area contributed by atoms with Gasteiger partial charge in [0.25, 0.3) is 5.91 Å². The normalized spacial score (nSPS) is 12.1. The van der Waals surface area contributed by atoms with Crippen LogP contribution in [0.2, 0.25) is 15.1 Å². The topological polar surface area (TPSA) is 81.4 Å². The summed E-state index contributed by atoms with van der Waals surface area (Å²) in [6.07, 6.45) is -0.947. The molecule has 0 heterocycles. The molecule has 0 aliphatic heterocycles. The van der Waals surface area contributed by atoms with Crippen molar-refractivity contribution in [1.29, 1.82) is 0 Å². The molecule has 1 atom stereocenters. The summed E-state index contributed by atoms with van der Waals surface area (Å²) < 4.78 is 5.51. The van der Waals surface area contributed by atoms with Crippen LogP contribution in [0.25, 0.3) is 0 Å². The van der Waals surface area contributed by atoms with E-state index in [2.05, 4.69) is 0 Å². The molecule has 0 spiro atoms. The van der Waals surface area contributed by atoms with Gasteiger partial charge >= 0.3 is 6.03 Å². The third-order valence-corrected chi connectivity index (χ3v) is 3.36. The number of nitrogens with two attached hydrogens (primary N) is 1. The molecule has 1 rings (SSSR count). The standard InChI is InChI=1S/C12H13Cl3N2O3/c1-5(2)10(11(18)17-12(16)19)20-9-4-7(14)6(13)3-8(9)15/h3-5,10H,1-2H3,(H3,16,17,18,19)/t10-/m0/s1. The molecule has 5 nitrogen and oxygen atoms in total. The van der Waals surface area contributed by atoms with E-state index in [9.17, 15) is 9.59 Å². The van der Waals surface area contributed by atoms with E-state index in [4.69, 9.17) is 45.3 Å². The van der Waals surface area contributed by atoms with Crippen LogP contribution >= 0.6 is 34.8 Å². The molecule has 20 heavy (non-hydrogen) atoms. The first kappa shape index (κ1) is 16.9. The molecule has 0 aliphatic carbocycles. The summed E-state index contributed by atoms with van der Waals surface area (Å²) in [4.78, 5) is 22.5. The second kappa shape index (κ2) is 7.02. The number of amides is 3. The third-order valence-electron chi connectivity index (χ3n) is 2.34. The van der Waals surface area contributed by atoms with E-state index in [0.29, 0.717) is 0 Å². The number of hydrogen-bond donors (Lipinski definition) is 2. The molecule has 3 N–H and O–H groups in total. The maximum absolute atomic E-state index is 11.8. The fourth-order valence-electron chi connectivity index (χ4n) is 1.42. The molecule has 0 fully saturated rings. The Morgan fingerprint density at radius 3 is 2.20 bits per heavy atom. The number of primary amides is 1. The van der Waals surface area contributed by atoms with Gasteiger partial charge in [0.1, 0.15) is 5.75 Å². The van der Waals surface area contributed by atoms with Gasteiger partial charge in [-0.1, -0.05) is 48.7 Å². The molecule has 0 aromatic heterocycles. The molecule has 3 amide bonds.